The minimum atomic E-state index is 0.120. The minimum absolute atomic E-state index is 0.120. The molecule has 0 saturated heterocycles. The smallest absolute Gasteiger partial charge is 0.232 e. The van der Waals surface area contributed by atoms with Crippen LogP contribution in [0.3, 0.4) is 0 Å². The quantitative estimate of drug-likeness (QED) is 0.374. The second-order valence-corrected chi connectivity index (χ2v) is 9.77. The van der Waals surface area contributed by atoms with Crippen molar-refractivity contribution in [2.75, 3.05) is 23.3 Å². The molecule has 2 aromatic carbocycles. The van der Waals surface area contributed by atoms with Gasteiger partial charge in [-0.05, 0) is 48.2 Å². The number of fused-ring (bicyclic) bond motifs is 1. The van der Waals surface area contributed by atoms with Crippen LogP contribution in [0.1, 0.15) is 42.4 Å². The summed E-state index contributed by atoms with van der Waals surface area (Å²) in [5, 5.41) is 7.51. The summed E-state index contributed by atoms with van der Waals surface area (Å²) in [6.45, 7) is 2.50. The van der Waals surface area contributed by atoms with Gasteiger partial charge in [-0.3, -0.25) is 0 Å². The predicted molar refractivity (Wildman–Crippen MR) is 139 cm³/mol. The minimum Gasteiger partial charge on any atom is -0.361 e. The van der Waals surface area contributed by atoms with Crippen LogP contribution in [0.15, 0.2) is 60.7 Å². The van der Waals surface area contributed by atoms with Crippen LogP contribution < -0.4 is 15.5 Å². The third-order valence-corrected chi connectivity index (χ3v) is 7.34. The number of rotatable bonds is 5. The Balaban J connectivity index is 1.26. The summed E-state index contributed by atoms with van der Waals surface area (Å²) in [5.74, 6) is 1.24. The van der Waals surface area contributed by atoms with Crippen molar-refractivity contribution in [1.29, 1.82) is 0 Å². The van der Waals surface area contributed by atoms with E-state index < -0.39 is 0 Å². The van der Waals surface area contributed by atoms with Crippen LogP contribution in [0.25, 0.3) is 0 Å². The second kappa shape index (κ2) is 9.65. The Morgan fingerprint density at radius 3 is 2.52 bits per heavy atom. The van der Waals surface area contributed by atoms with Gasteiger partial charge in [-0.25, -0.2) is 4.98 Å². The van der Waals surface area contributed by atoms with Crippen molar-refractivity contribution >= 4 is 40.7 Å². The molecule has 33 heavy (non-hydrogen) atoms. The molecule has 1 fully saturated rings. The van der Waals surface area contributed by atoms with E-state index in [9.17, 15) is 0 Å². The maximum Gasteiger partial charge on any atom is 0.232 e. The zero-order chi connectivity index (χ0) is 22.7. The maximum absolute atomic E-state index is 6.35. The number of nitrogens with zero attached hydrogens (tertiary/aromatic N) is 3. The number of nitrogens with one attached hydrogen (secondary N) is 2. The van der Waals surface area contributed by atoms with E-state index >= 15 is 0 Å². The van der Waals surface area contributed by atoms with Crippen molar-refractivity contribution in [3.63, 3.8) is 0 Å². The van der Waals surface area contributed by atoms with Crippen molar-refractivity contribution in [3.05, 3.63) is 82.5 Å². The van der Waals surface area contributed by atoms with Crippen LogP contribution in [0.5, 0.6) is 0 Å². The van der Waals surface area contributed by atoms with E-state index in [4.69, 9.17) is 28.8 Å². The van der Waals surface area contributed by atoms with Gasteiger partial charge < -0.3 is 15.5 Å². The van der Waals surface area contributed by atoms with Gasteiger partial charge in [-0.15, -0.1) is 0 Å². The third-order valence-electron chi connectivity index (χ3n) is 6.90. The highest BCUT2D eigenvalue weighted by Gasteiger charge is 2.35. The van der Waals surface area contributed by atoms with Gasteiger partial charge in [0.1, 0.15) is 11.0 Å². The van der Waals surface area contributed by atoms with Crippen LogP contribution in [-0.4, -0.2) is 28.2 Å². The van der Waals surface area contributed by atoms with E-state index in [1.807, 2.05) is 6.07 Å². The Hall–Kier alpha value is -2.70. The number of hydrogen-bond donors (Lipinski definition) is 2. The summed E-state index contributed by atoms with van der Waals surface area (Å²) < 4.78 is 0. The molecule has 0 atom stereocenters. The standard InChI is InChI=1S/C26H28ClN5S/c27-22-16-23(32-15-12-19-8-4-5-9-20(19)17-32)30-24(29-22)31-25(33)28-18-26(13-6-7-14-26)21-10-2-1-3-11-21/h1-5,8-11,16H,6-7,12-15,17-18H2,(H2,28,29,30,31,33). The summed E-state index contributed by atoms with van der Waals surface area (Å²) in [5.41, 5.74) is 4.23. The Morgan fingerprint density at radius 2 is 1.73 bits per heavy atom. The molecular weight excluding hydrogens is 450 g/mol. The van der Waals surface area contributed by atoms with E-state index in [1.54, 1.807) is 0 Å². The number of benzene rings is 2. The van der Waals surface area contributed by atoms with E-state index in [0.29, 0.717) is 16.2 Å². The molecule has 2 N–H and O–H groups in total. The molecule has 3 aromatic rings. The Kier molecular flexibility index (Phi) is 6.47. The van der Waals surface area contributed by atoms with Crippen molar-refractivity contribution in [2.24, 2.45) is 0 Å². The molecule has 0 spiro atoms. The normalized spacial score (nSPS) is 16.8. The molecule has 0 amide bonds. The number of thiocarbonyl (C=S) groups is 1. The molecule has 1 saturated carbocycles. The first-order valence-corrected chi connectivity index (χ1v) is 12.4. The van der Waals surface area contributed by atoms with E-state index in [-0.39, 0.29) is 5.41 Å². The molecule has 170 valence electrons. The van der Waals surface area contributed by atoms with Crippen molar-refractivity contribution in [3.8, 4) is 0 Å². The second-order valence-electron chi connectivity index (χ2n) is 8.97. The first kappa shape index (κ1) is 22.1. The summed E-state index contributed by atoms with van der Waals surface area (Å²) in [4.78, 5) is 11.3. The van der Waals surface area contributed by atoms with E-state index in [1.165, 1.54) is 42.4 Å². The molecule has 5 rings (SSSR count). The maximum atomic E-state index is 6.35. The van der Waals surface area contributed by atoms with Crippen LogP contribution in [0, 0.1) is 0 Å². The highest BCUT2D eigenvalue weighted by molar-refractivity contribution is 7.80. The average molecular weight is 478 g/mol. The van der Waals surface area contributed by atoms with Crippen LogP contribution in [0.4, 0.5) is 11.8 Å². The highest BCUT2D eigenvalue weighted by Crippen LogP contribution is 2.40. The monoisotopic (exact) mass is 477 g/mol. The fourth-order valence-corrected chi connectivity index (χ4v) is 5.46. The van der Waals surface area contributed by atoms with Gasteiger partial charge in [0.25, 0.3) is 0 Å². The van der Waals surface area contributed by atoms with E-state index in [0.717, 1.165) is 31.9 Å². The fourth-order valence-electron chi connectivity index (χ4n) is 5.12. The summed E-state index contributed by atoms with van der Waals surface area (Å²) in [6.07, 6.45) is 5.82. The summed E-state index contributed by atoms with van der Waals surface area (Å²) >= 11 is 12.0. The molecule has 0 bridgehead atoms. The molecule has 0 unspecified atom stereocenters. The van der Waals surface area contributed by atoms with Crippen LogP contribution in [0.2, 0.25) is 5.15 Å². The van der Waals surface area contributed by atoms with Crippen LogP contribution in [-0.2, 0) is 18.4 Å². The lowest BCUT2D eigenvalue weighted by Gasteiger charge is -2.31. The van der Waals surface area contributed by atoms with Crippen molar-refractivity contribution in [2.45, 2.75) is 44.1 Å². The third kappa shape index (κ3) is 4.97. The highest BCUT2D eigenvalue weighted by atomic mass is 35.5. The van der Waals surface area contributed by atoms with Crippen LogP contribution >= 0.6 is 23.8 Å². The Morgan fingerprint density at radius 1 is 1.00 bits per heavy atom. The first-order chi connectivity index (χ1) is 16.1. The lowest BCUT2D eigenvalue weighted by Crippen LogP contribution is -2.41. The number of aromatic nitrogens is 2. The Labute approximate surface area is 205 Å². The van der Waals surface area contributed by atoms with Gasteiger partial charge in [-0.1, -0.05) is 79.0 Å². The average Bonchev–Trinajstić information content (AvgIpc) is 3.33. The number of anilines is 2. The Bertz CT molecular complexity index is 1130. The topological polar surface area (TPSA) is 53.1 Å². The predicted octanol–water partition coefficient (Wildman–Crippen LogP) is 5.49. The molecule has 5 nitrogen and oxygen atoms in total. The van der Waals surface area contributed by atoms with Gasteiger partial charge >= 0.3 is 0 Å². The molecule has 7 heteroatoms. The molecule has 0 radical (unpaired) electrons. The molecule has 2 aliphatic rings. The van der Waals surface area contributed by atoms with Gasteiger partial charge in [0, 0.05) is 31.1 Å². The molecular formula is C26H28ClN5S. The fraction of sp³-hybridized carbons (Fsp3) is 0.346. The van der Waals surface area contributed by atoms with Gasteiger partial charge in [0.2, 0.25) is 5.95 Å². The van der Waals surface area contributed by atoms with Gasteiger partial charge in [0.15, 0.2) is 5.11 Å². The largest absolute Gasteiger partial charge is 0.361 e. The number of hydrogen-bond acceptors (Lipinski definition) is 4. The molecule has 1 aliphatic heterocycles. The van der Waals surface area contributed by atoms with E-state index in [2.05, 4.69) is 75.1 Å². The molecule has 2 heterocycles. The van der Waals surface area contributed by atoms with Gasteiger partial charge in [0.05, 0.1) is 0 Å². The molecule has 1 aromatic heterocycles. The van der Waals surface area contributed by atoms with Crippen molar-refractivity contribution in [1.82, 2.24) is 15.3 Å². The van der Waals surface area contributed by atoms with Gasteiger partial charge in [-0.2, -0.15) is 4.98 Å². The summed E-state index contributed by atoms with van der Waals surface area (Å²) in [7, 11) is 0. The lowest BCUT2D eigenvalue weighted by atomic mass is 9.79. The number of halogens is 1. The molecule has 1 aliphatic carbocycles. The SMILES string of the molecule is S=C(NCC1(c2ccccc2)CCCC1)Nc1nc(Cl)cc(N2CCc3ccccc3C2)n1. The van der Waals surface area contributed by atoms with Crippen molar-refractivity contribution < 1.29 is 0 Å². The first-order valence-electron chi connectivity index (χ1n) is 11.6. The summed E-state index contributed by atoms with van der Waals surface area (Å²) in [6, 6.07) is 21.1. The zero-order valence-corrected chi connectivity index (χ0v) is 20.1. The lowest BCUT2D eigenvalue weighted by molar-refractivity contribution is 0.435. The zero-order valence-electron chi connectivity index (χ0n) is 18.6.